The van der Waals surface area contributed by atoms with Crippen molar-refractivity contribution in [3.05, 3.63) is 88.9 Å². The Morgan fingerprint density at radius 3 is 2.40 bits per heavy atom. The molecule has 25 heavy (non-hydrogen) atoms. The topological polar surface area (TPSA) is 29.5 Å². The number of benzene rings is 3. The van der Waals surface area contributed by atoms with Gasteiger partial charge in [0.1, 0.15) is 11.7 Å². The van der Waals surface area contributed by atoms with Crippen molar-refractivity contribution < 1.29 is 9.53 Å². The molecule has 4 rings (SSSR count). The van der Waals surface area contributed by atoms with E-state index < -0.39 is 5.92 Å². The van der Waals surface area contributed by atoms with Crippen molar-refractivity contribution in [2.45, 2.75) is 5.92 Å². The zero-order chi connectivity index (χ0) is 17.4. The number of para-hydroxylation sites is 2. The lowest BCUT2D eigenvalue weighted by atomic mass is 9.85. The first kappa shape index (κ1) is 15.7. The molecule has 1 unspecified atom stereocenters. The van der Waals surface area contributed by atoms with Gasteiger partial charge >= 0.3 is 5.97 Å². The van der Waals surface area contributed by atoms with Crippen LogP contribution in [0.25, 0.3) is 0 Å². The van der Waals surface area contributed by atoms with E-state index in [0.29, 0.717) is 10.8 Å². The van der Waals surface area contributed by atoms with Crippen molar-refractivity contribution in [3.63, 3.8) is 0 Å². The first-order valence-electron chi connectivity index (χ1n) is 8.04. The molecule has 0 saturated carbocycles. The number of esters is 1. The van der Waals surface area contributed by atoms with E-state index in [-0.39, 0.29) is 5.97 Å². The summed E-state index contributed by atoms with van der Waals surface area (Å²) in [6, 6.07) is 22.6. The number of ether oxygens (including phenoxy) is 1. The van der Waals surface area contributed by atoms with E-state index in [0.717, 1.165) is 22.5 Å². The highest BCUT2D eigenvalue weighted by Gasteiger charge is 2.36. The smallest absolute Gasteiger partial charge is 0.323 e. The van der Waals surface area contributed by atoms with Crippen LogP contribution >= 0.6 is 11.6 Å². The fourth-order valence-electron chi connectivity index (χ4n) is 3.33. The largest absolute Gasteiger partial charge is 0.426 e. The number of anilines is 2. The van der Waals surface area contributed by atoms with Crippen LogP contribution in [0.2, 0.25) is 5.02 Å². The molecule has 0 fully saturated rings. The first-order chi connectivity index (χ1) is 12.2. The molecule has 1 heterocycles. The lowest BCUT2D eigenvalue weighted by Gasteiger charge is -2.34. The normalized spacial score (nSPS) is 15.3. The summed E-state index contributed by atoms with van der Waals surface area (Å²) >= 11 is 6.48. The molecular formula is C21H16ClNO2. The number of hydrogen-bond acceptors (Lipinski definition) is 3. The van der Waals surface area contributed by atoms with Gasteiger partial charge in [-0.15, -0.1) is 0 Å². The second-order valence-corrected chi connectivity index (χ2v) is 6.36. The molecule has 0 amide bonds. The molecule has 124 valence electrons. The summed E-state index contributed by atoms with van der Waals surface area (Å²) in [6.45, 7) is 0. The maximum Gasteiger partial charge on any atom is 0.323 e. The predicted molar refractivity (Wildman–Crippen MR) is 99.9 cm³/mol. The van der Waals surface area contributed by atoms with Gasteiger partial charge in [0.15, 0.2) is 0 Å². The van der Waals surface area contributed by atoms with Crippen molar-refractivity contribution in [3.8, 4) is 5.75 Å². The maximum atomic E-state index is 13.1. The standard InChI is InChI=1S/C21H16ClNO2/c1-23-17-12-6-5-10-15(17)19(20-16(22)11-7-13-18(20)23)21(24)25-14-8-3-2-4-9-14/h2-13,19H,1H3. The molecule has 0 N–H and O–H groups in total. The van der Waals surface area contributed by atoms with Gasteiger partial charge in [-0.05, 0) is 35.9 Å². The Bertz CT molecular complexity index is 940. The summed E-state index contributed by atoms with van der Waals surface area (Å²) in [5.74, 6) is -0.366. The highest BCUT2D eigenvalue weighted by molar-refractivity contribution is 6.32. The third-order valence-electron chi connectivity index (χ3n) is 4.49. The number of hydrogen-bond donors (Lipinski definition) is 0. The van der Waals surface area contributed by atoms with Gasteiger partial charge in [-0.3, -0.25) is 4.79 Å². The molecule has 0 radical (unpaired) electrons. The van der Waals surface area contributed by atoms with Crippen molar-refractivity contribution >= 4 is 28.9 Å². The minimum absolute atomic E-state index is 0.332. The highest BCUT2D eigenvalue weighted by atomic mass is 35.5. The van der Waals surface area contributed by atoms with E-state index in [1.165, 1.54) is 0 Å². The summed E-state index contributed by atoms with van der Waals surface area (Å²) in [5, 5.41) is 0.564. The van der Waals surface area contributed by atoms with Crippen LogP contribution in [0.1, 0.15) is 17.0 Å². The van der Waals surface area contributed by atoms with Crippen molar-refractivity contribution in [2.75, 3.05) is 11.9 Å². The Balaban J connectivity index is 1.84. The number of carbonyl (C=O) groups is 1. The average molecular weight is 350 g/mol. The van der Waals surface area contributed by atoms with Crippen molar-refractivity contribution in [2.24, 2.45) is 0 Å². The third-order valence-corrected chi connectivity index (χ3v) is 4.82. The Kier molecular flexibility index (Phi) is 3.94. The molecule has 0 saturated heterocycles. The molecule has 0 bridgehead atoms. The van der Waals surface area contributed by atoms with Gasteiger partial charge in [0.25, 0.3) is 0 Å². The van der Waals surface area contributed by atoms with Crippen LogP contribution in [0.5, 0.6) is 5.75 Å². The van der Waals surface area contributed by atoms with Gasteiger partial charge in [-0.1, -0.05) is 54.1 Å². The minimum atomic E-state index is -0.559. The van der Waals surface area contributed by atoms with E-state index in [2.05, 4.69) is 4.90 Å². The van der Waals surface area contributed by atoms with Crippen LogP contribution in [0.3, 0.4) is 0 Å². The summed E-state index contributed by atoms with van der Waals surface area (Å²) in [6.07, 6.45) is 0. The van der Waals surface area contributed by atoms with Crippen molar-refractivity contribution in [1.29, 1.82) is 0 Å². The molecule has 4 heteroatoms. The van der Waals surface area contributed by atoms with Gasteiger partial charge in [0, 0.05) is 29.0 Å². The molecule has 3 nitrogen and oxygen atoms in total. The number of fused-ring (bicyclic) bond motifs is 2. The van der Waals surface area contributed by atoms with Gasteiger partial charge in [0.05, 0.1) is 0 Å². The number of carbonyl (C=O) groups excluding carboxylic acids is 1. The maximum absolute atomic E-state index is 13.1. The van der Waals surface area contributed by atoms with Gasteiger partial charge < -0.3 is 9.64 Å². The Morgan fingerprint density at radius 2 is 1.60 bits per heavy atom. The van der Waals surface area contributed by atoms with E-state index >= 15 is 0 Å². The summed E-state index contributed by atoms with van der Waals surface area (Å²) < 4.78 is 5.64. The fourth-order valence-corrected chi connectivity index (χ4v) is 3.61. The molecule has 3 aromatic rings. The average Bonchev–Trinajstić information content (AvgIpc) is 2.64. The Morgan fingerprint density at radius 1 is 0.920 bits per heavy atom. The van der Waals surface area contributed by atoms with E-state index in [1.807, 2.05) is 67.7 Å². The second kappa shape index (κ2) is 6.26. The second-order valence-electron chi connectivity index (χ2n) is 5.96. The third kappa shape index (κ3) is 2.67. The zero-order valence-electron chi connectivity index (χ0n) is 13.6. The lowest BCUT2D eigenvalue weighted by Crippen LogP contribution is -2.28. The first-order valence-corrected chi connectivity index (χ1v) is 8.42. The zero-order valence-corrected chi connectivity index (χ0v) is 14.4. The van der Waals surface area contributed by atoms with Gasteiger partial charge in [0.2, 0.25) is 0 Å². The molecule has 0 spiro atoms. The van der Waals surface area contributed by atoms with Gasteiger partial charge in [-0.2, -0.15) is 0 Å². The van der Waals surface area contributed by atoms with Crippen LogP contribution in [0.15, 0.2) is 72.8 Å². The monoisotopic (exact) mass is 349 g/mol. The molecular weight excluding hydrogens is 334 g/mol. The van der Waals surface area contributed by atoms with Crippen LogP contribution in [0.4, 0.5) is 11.4 Å². The predicted octanol–water partition coefficient (Wildman–Crippen LogP) is 5.16. The molecule has 1 atom stereocenters. The lowest BCUT2D eigenvalue weighted by molar-refractivity contribution is -0.135. The minimum Gasteiger partial charge on any atom is -0.426 e. The van der Waals surface area contributed by atoms with Crippen LogP contribution < -0.4 is 9.64 Å². The van der Waals surface area contributed by atoms with E-state index in [4.69, 9.17) is 16.3 Å². The fraction of sp³-hybridized carbons (Fsp3) is 0.0952. The summed E-state index contributed by atoms with van der Waals surface area (Å²) in [5.41, 5.74) is 3.58. The molecule has 0 aliphatic carbocycles. The van der Waals surface area contributed by atoms with Gasteiger partial charge in [-0.25, -0.2) is 0 Å². The Hall–Kier alpha value is -2.78. The van der Waals surface area contributed by atoms with E-state index in [1.54, 1.807) is 12.1 Å². The number of nitrogens with zero attached hydrogens (tertiary/aromatic N) is 1. The van der Waals surface area contributed by atoms with Crippen molar-refractivity contribution in [1.82, 2.24) is 0 Å². The van der Waals surface area contributed by atoms with Crippen LogP contribution in [-0.2, 0) is 4.79 Å². The molecule has 0 aromatic heterocycles. The van der Waals surface area contributed by atoms with Crippen LogP contribution in [-0.4, -0.2) is 13.0 Å². The summed E-state index contributed by atoms with van der Waals surface area (Å²) in [4.78, 5) is 15.1. The quantitative estimate of drug-likeness (QED) is 0.473. The summed E-state index contributed by atoms with van der Waals surface area (Å²) in [7, 11) is 1.98. The van der Waals surface area contributed by atoms with Crippen LogP contribution in [0, 0.1) is 0 Å². The highest BCUT2D eigenvalue weighted by Crippen LogP contribution is 2.47. The Labute approximate surface area is 151 Å². The molecule has 1 aliphatic rings. The SMILES string of the molecule is CN1c2ccccc2C(C(=O)Oc2ccccc2)c2c(Cl)cccc21. The number of rotatable bonds is 2. The van der Waals surface area contributed by atoms with E-state index in [9.17, 15) is 4.79 Å². The number of halogens is 1. The molecule has 3 aromatic carbocycles. The molecule has 1 aliphatic heterocycles.